The van der Waals surface area contributed by atoms with Gasteiger partial charge in [0.25, 0.3) is 0 Å². The minimum Gasteiger partial charge on any atom is -0.353 e. The molecular formula is C26H32N4O2. The SMILES string of the molecule is CCCN(CC(=O)N(Cc1ccccc1)Cc1cccn1C)C(=O)Nc1ccccc1C. The predicted molar refractivity (Wildman–Crippen MR) is 128 cm³/mol. The summed E-state index contributed by atoms with van der Waals surface area (Å²) < 4.78 is 2.01. The van der Waals surface area contributed by atoms with Gasteiger partial charge in [-0.05, 0) is 42.7 Å². The van der Waals surface area contributed by atoms with Crippen molar-refractivity contribution in [3.63, 3.8) is 0 Å². The van der Waals surface area contributed by atoms with Gasteiger partial charge in [0.2, 0.25) is 5.91 Å². The highest BCUT2D eigenvalue weighted by molar-refractivity contribution is 5.93. The Labute approximate surface area is 190 Å². The lowest BCUT2D eigenvalue weighted by atomic mass is 10.2. The van der Waals surface area contributed by atoms with E-state index in [2.05, 4.69) is 5.32 Å². The quantitative estimate of drug-likeness (QED) is 0.528. The number of aromatic nitrogens is 1. The van der Waals surface area contributed by atoms with Crippen LogP contribution in [0.25, 0.3) is 0 Å². The number of anilines is 1. The summed E-state index contributed by atoms with van der Waals surface area (Å²) in [7, 11) is 1.97. The molecule has 0 atom stereocenters. The molecule has 6 nitrogen and oxygen atoms in total. The molecule has 0 unspecified atom stereocenters. The van der Waals surface area contributed by atoms with E-state index in [1.54, 1.807) is 4.90 Å². The number of rotatable bonds is 9. The van der Waals surface area contributed by atoms with Crippen LogP contribution in [0.3, 0.4) is 0 Å². The van der Waals surface area contributed by atoms with E-state index in [1.165, 1.54) is 0 Å². The fourth-order valence-electron chi connectivity index (χ4n) is 3.59. The van der Waals surface area contributed by atoms with Gasteiger partial charge in [0.1, 0.15) is 6.54 Å². The van der Waals surface area contributed by atoms with E-state index < -0.39 is 0 Å². The molecule has 0 saturated carbocycles. The average molecular weight is 433 g/mol. The first kappa shape index (κ1) is 23.1. The van der Waals surface area contributed by atoms with Crippen LogP contribution in [0.5, 0.6) is 0 Å². The van der Waals surface area contributed by atoms with Gasteiger partial charge in [-0.1, -0.05) is 55.5 Å². The average Bonchev–Trinajstić information content (AvgIpc) is 3.19. The van der Waals surface area contributed by atoms with Crippen molar-refractivity contribution in [1.82, 2.24) is 14.4 Å². The van der Waals surface area contributed by atoms with Gasteiger partial charge < -0.3 is 19.7 Å². The van der Waals surface area contributed by atoms with Crippen LogP contribution in [0.2, 0.25) is 0 Å². The molecule has 1 N–H and O–H groups in total. The number of urea groups is 1. The molecule has 0 spiro atoms. The Balaban J connectivity index is 1.75. The Kier molecular flexibility index (Phi) is 8.08. The van der Waals surface area contributed by atoms with Crippen LogP contribution in [-0.4, -0.2) is 39.4 Å². The molecule has 2 aromatic carbocycles. The summed E-state index contributed by atoms with van der Waals surface area (Å²) in [6.07, 6.45) is 2.74. The molecule has 32 heavy (non-hydrogen) atoms. The van der Waals surface area contributed by atoms with E-state index in [-0.39, 0.29) is 18.5 Å². The van der Waals surface area contributed by atoms with E-state index in [0.717, 1.165) is 28.9 Å². The minimum atomic E-state index is -0.256. The highest BCUT2D eigenvalue weighted by Crippen LogP contribution is 2.15. The number of carbonyl (C=O) groups is 2. The summed E-state index contributed by atoms with van der Waals surface area (Å²) in [5, 5.41) is 2.96. The van der Waals surface area contributed by atoms with Gasteiger partial charge in [-0.3, -0.25) is 4.79 Å². The third kappa shape index (κ3) is 6.23. The van der Waals surface area contributed by atoms with Crippen LogP contribution in [0, 0.1) is 6.92 Å². The van der Waals surface area contributed by atoms with Crippen molar-refractivity contribution in [3.8, 4) is 0 Å². The van der Waals surface area contributed by atoms with E-state index in [4.69, 9.17) is 0 Å². The first-order valence-electron chi connectivity index (χ1n) is 11.0. The summed E-state index contributed by atoms with van der Waals surface area (Å²) in [5.41, 5.74) is 3.84. The first-order chi connectivity index (χ1) is 15.5. The number of para-hydroxylation sites is 1. The molecule has 0 radical (unpaired) electrons. The van der Waals surface area contributed by atoms with E-state index in [9.17, 15) is 9.59 Å². The van der Waals surface area contributed by atoms with Gasteiger partial charge in [0.15, 0.2) is 0 Å². The number of aryl methyl sites for hydroxylation is 2. The zero-order valence-corrected chi connectivity index (χ0v) is 19.1. The summed E-state index contributed by atoms with van der Waals surface area (Å²) in [5.74, 6) is -0.0802. The number of hydrogen-bond donors (Lipinski definition) is 1. The molecule has 0 bridgehead atoms. The molecule has 0 aliphatic heterocycles. The van der Waals surface area contributed by atoms with Crippen LogP contribution >= 0.6 is 0 Å². The number of carbonyl (C=O) groups excluding carboxylic acids is 2. The Bertz CT molecular complexity index is 1030. The molecular weight excluding hydrogens is 400 g/mol. The largest absolute Gasteiger partial charge is 0.353 e. The number of nitrogens with zero attached hydrogens (tertiary/aromatic N) is 3. The van der Waals surface area contributed by atoms with Gasteiger partial charge >= 0.3 is 6.03 Å². The summed E-state index contributed by atoms with van der Waals surface area (Å²) >= 11 is 0. The standard InChI is InChI=1S/C26H32N4O2/c1-4-16-29(26(32)27-24-15-9-8-11-21(24)2)20-25(31)30(18-22-12-6-5-7-13-22)19-23-14-10-17-28(23)3/h5-15,17H,4,16,18-20H2,1-3H3,(H,27,32). The first-order valence-corrected chi connectivity index (χ1v) is 11.0. The minimum absolute atomic E-state index is 0.0306. The zero-order chi connectivity index (χ0) is 22.9. The van der Waals surface area contributed by atoms with Crippen molar-refractivity contribution in [2.45, 2.75) is 33.4 Å². The number of hydrogen-bond acceptors (Lipinski definition) is 2. The lowest BCUT2D eigenvalue weighted by Crippen LogP contribution is -2.44. The van der Waals surface area contributed by atoms with Crippen LogP contribution < -0.4 is 5.32 Å². The fraction of sp³-hybridized carbons (Fsp3) is 0.308. The molecule has 3 rings (SSSR count). The number of amides is 3. The van der Waals surface area contributed by atoms with E-state index in [0.29, 0.717) is 19.6 Å². The number of nitrogens with one attached hydrogen (secondary N) is 1. The smallest absolute Gasteiger partial charge is 0.322 e. The second kappa shape index (κ2) is 11.2. The predicted octanol–water partition coefficient (Wildman–Crippen LogP) is 4.81. The Morgan fingerprint density at radius 3 is 2.28 bits per heavy atom. The lowest BCUT2D eigenvalue weighted by Gasteiger charge is -2.28. The number of benzene rings is 2. The lowest BCUT2D eigenvalue weighted by molar-refractivity contribution is -0.133. The maximum Gasteiger partial charge on any atom is 0.322 e. The third-order valence-corrected chi connectivity index (χ3v) is 5.47. The second-order valence-corrected chi connectivity index (χ2v) is 8.01. The van der Waals surface area contributed by atoms with Gasteiger partial charge in [-0.25, -0.2) is 4.79 Å². The zero-order valence-electron chi connectivity index (χ0n) is 19.1. The molecule has 3 aromatic rings. The van der Waals surface area contributed by atoms with E-state index in [1.807, 2.05) is 103 Å². The van der Waals surface area contributed by atoms with Gasteiger partial charge in [0, 0.05) is 37.7 Å². The highest BCUT2D eigenvalue weighted by atomic mass is 16.2. The van der Waals surface area contributed by atoms with Crippen LogP contribution in [0.15, 0.2) is 72.9 Å². The maximum absolute atomic E-state index is 13.4. The maximum atomic E-state index is 13.4. The molecule has 1 heterocycles. The molecule has 0 aliphatic rings. The van der Waals surface area contributed by atoms with Crippen LogP contribution in [0.1, 0.15) is 30.2 Å². The van der Waals surface area contributed by atoms with Crippen molar-refractivity contribution in [1.29, 1.82) is 0 Å². The van der Waals surface area contributed by atoms with Gasteiger partial charge in [0.05, 0.1) is 6.54 Å². The topological polar surface area (TPSA) is 57.6 Å². The summed E-state index contributed by atoms with van der Waals surface area (Å²) in [6.45, 7) is 5.47. The Morgan fingerprint density at radius 1 is 0.906 bits per heavy atom. The molecule has 0 fully saturated rings. The Hall–Kier alpha value is -3.54. The van der Waals surface area contributed by atoms with Crippen LogP contribution in [-0.2, 0) is 24.9 Å². The third-order valence-electron chi connectivity index (χ3n) is 5.47. The Morgan fingerprint density at radius 2 is 1.62 bits per heavy atom. The summed E-state index contributed by atoms with van der Waals surface area (Å²) in [6, 6.07) is 21.3. The van der Waals surface area contributed by atoms with Crippen molar-refractivity contribution >= 4 is 17.6 Å². The van der Waals surface area contributed by atoms with E-state index >= 15 is 0 Å². The molecule has 168 valence electrons. The van der Waals surface area contributed by atoms with Crippen molar-refractivity contribution in [3.05, 3.63) is 89.7 Å². The van der Waals surface area contributed by atoms with Crippen molar-refractivity contribution < 1.29 is 9.59 Å². The van der Waals surface area contributed by atoms with Gasteiger partial charge in [-0.2, -0.15) is 0 Å². The van der Waals surface area contributed by atoms with Gasteiger partial charge in [-0.15, -0.1) is 0 Å². The monoisotopic (exact) mass is 432 g/mol. The molecule has 3 amide bonds. The van der Waals surface area contributed by atoms with Crippen molar-refractivity contribution in [2.24, 2.45) is 7.05 Å². The molecule has 1 aromatic heterocycles. The highest BCUT2D eigenvalue weighted by Gasteiger charge is 2.22. The molecule has 0 aliphatic carbocycles. The summed E-state index contributed by atoms with van der Waals surface area (Å²) in [4.78, 5) is 29.8. The molecule has 6 heteroatoms. The molecule has 0 saturated heterocycles. The normalized spacial score (nSPS) is 10.6. The van der Waals surface area contributed by atoms with Crippen molar-refractivity contribution in [2.75, 3.05) is 18.4 Å². The second-order valence-electron chi connectivity index (χ2n) is 8.01. The fourth-order valence-corrected chi connectivity index (χ4v) is 3.59. The van der Waals surface area contributed by atoms with Crippen LogP contribution in [0.4, 0.5) is 10.5 Å².